The van der Waals surface area contributed by atoms with Crippen LogP contribution in [-0.4, -0.2) is 67.5 Å². The van der Waals surface area contributed by atoms with Gasteiger partial charge >= 0.3 is 0 Å². The van der Waals surface area contributed by atoms with Crippen LogP contribution in [0.2, 0.25) is 0 Å². The molecule has 0 amide bonds. The highest BCUT2D eigenvalue weighted by atomic mass is 32.2. The molecule has 0 aliphatic carbocycles. The molecule has 1 atom stereocenters. The third-order valence-electron chi connectivity index (χ3n) is 6.15. The van der Waals surface area contributed by atoms with Crippen molar-refractivity contribution in [1.29, 1.82) is 0 Å². The lowest BCUT2D eigenvalue weighted by Gasteiger charge is -2.30. The molecule has 5 rings (SSSR count). The maximum atomic E-state index is 12.9. The first-order chi connectivity index (χ1) is 15.8. The maximum absolute atomic E-state index is 12.9. The van der Waals surface area contributed by atoms with Gasteiger partial charge in [0.2, 0.25) is 0 Å². The van der Waals surface area contributed by atoms with Crippen LogP contribution in [0.3, 0.4) is 0 Å². The first kappa shape index (κ1) is 22.9. The third kappa shape index (κ3) is 4.85. The van der Waals surface area contributed by atoms with Crippen molar-refractivity contribution in [3.63, 3.8) is 0 Å². The van der Waals surface area contributed by atoms with E-state index in [1.165, 1.54) is 11.3 Å². The van der Waals surface area contributed by atoms with E-state index in [2.05, 4.69) is 27.6 Å². The number of aryl methyl sites for hydroxylation is 1. The van der Waals surface area contributed by atoms with E-state index in [-0.39, 0.29) is 4.75 Å². The summed E-state index contributed by atoms with van der Waals surface area (Å²) < 4.78 is 34.5. The number of fused-ring (bicyclic) bond motifs is 1. The van der Waals surface area contributed by atoms with Crippen LogP contribution in [-0.2, 0) is 14.8 Å². The van der Waals surface area contributed by atoms with Crippen molar-refractivity contribution < 1.29 is 13.2 Å². The van der Waals surface area contributed by atoms with E-state index in [9.17, 15) is 8.42 Å². The zero-order chi connectivity index (χ0) is 23.1. The van der Waals surface area contributed by atoms with Crippen LogP contribution in [0.1, 0.15) is 24.6 Å². The summed E-state index contributed by atoms with van der Waals surface area (Å²) in [6.07, 6.45) is 1.07. The Balaban J connectivity index is 1.32. The first-order valence-electron chi connectivity index (χ1n) is 11.1. The number of thioether (sulfide) groups is 1. The Kier molecular flexibility index (Phi) is 6.30. The molecule has 2 aromatic heterocycles. The molecule has 1 saturated heterocycles. The normalized spacial score (nSPS) is 22.1. The molecular formula is C23H28N4O3S3. The molecule has 4 heterocycles. The van der Waals surface area contributed by atoms with Crippen molar-refractivity contribution in [2.45, 2.75) is 29.2 Å². The number of thiophene rings is 1. The van der Waals surface area contributed by atoms with Gasteiger partial charge in [0.25, 0.3) is 10.0 Å². The predicted octanol–water partition coefficient (Wildman–Crippen LogP) is 4.31. The molecule has 1 unspecified atom stereocenters. The summed E-state index contributed by atoms with van der Waals surface area (Å²) in [7, 11) is -3.64. The summed E-state index contributed by atoms with van der Waals surface area (Å²) in [4.78, 5) is 10.7. The number of H-pyrrole nitrogens is 1. The lowest BCUT2D eigenvalue weighted by molar-refractivity contribution is 0.0365. The highest BCUT2D eigenvalue weighted by Crippen LogP contribution is 2.39. The largest absolute Gasteiger partial charge is 0.379 e. The molecule has 1 fully saturated rings. The molecule has 0 spiro atoms. The Morgan fingerprint density at radius 3 is 2.85 bits per heavy atom. The van der Waals surface area contributed by atoms with Crippen molar-refractivity contribution in [3.05, 3.63) is 47.0 Å². The van der Waals surface area contributed by atoms with Crippen LogP contribution < -0.4 is 4.72 Å². The summed E-state index contributed by atoms with van der Waals surface area (Å²) in [6.45, 7) is 9.56. The van der Waals surface area contributed by atoms with Gasteiger partial charge in [-0.15, -0.1) is 11.3 Å². The zero-order valence-corrected chi connectivity index (χ0v) is 21.2. The van der Waals surface area contributed by atoms with Gasteiger partial charge in [0.15, 0.2) is 0 Å². The quantitative estimate of drug-likeness (QED) is 0.501. The van der Waals surface area contributed by atoms with E-state index < -0.39 is 10.0 Å². The smallest absolute Gasteiger partial charge is 0.271 e. The van der Waals surface area contributed by atoms with Gasteiger partial charge in [-0.25, -0.2) is 8.42 Å². The molecule has 2 aliphatic heterocycles. The Morgan fingerprint density at radius 1 is 1.27 bits per heavy atom. The topological polar surface area (TPSA) is 86.8 Å². The Labute approximate surface area is 202 Å². The predicted molar refractivity (Wildman–Crippen MR) is 137 cm³/mol. The number of benzene rings is 1. The van der Waals surface area contributed by atoms with Crippen LogP contribution >= 0.6 is 23.1 Å². The average Bonchev–Trinajstić information content (AvgIpc) is 3.52. The van der Waals surface area contributed by atoms with Crippen molar-refractivity contribution >= 4 is 54.8 Å². The molecule has 1 aromatic carbocycles. The Hall–Kier alpha value is -1.85. The number of para-hydroxylation sites is 1. The van der Waals surface area contributed by atoms with Crippen LogP contribution in [0.15, 0.2) is 44.9 Å². The number of rotatable bonds is 7. The molecule has 10 heteroatoms. The standard InChI is InChI=1S/C23H28N4O3S3/c1-16-6-13-31-22(16)33(28,29)26-18-5-3-4-17-14-19(25-20(17)18)21-24-15-23(2,32-21)7-8-27-9-11-30-12-10-27/h3-6,13-14,25-26H,7-12,15H2,1-2H3. The highest BCUT2D eigenvalue weighted by Gasteiger charge is 2.34. The first-order valence-corrected chi connectivity index (χ1v) is 14.2. The molecule has 7 nitrogen and oxygen atoms in total. The third-order valence-corrected chi connectivity index (χ3v) is 10.6. The number of nitrogens with one attached hydrogen (secondary N) is 2. The number of hydrogen-bond acceptors (Lipinski definition) is 7. The monoisotopic (exact) mass is 504 g/mol. The molecule has 3 aromatic rings. The van der Waals surface area contributed by atoms with E-state index in [1.807, 2.05) is 36.9 Å². The molecule has 0 saturated carbocycles. The van der Waals surface area contributed by atoms with Gasteiger partial charge in [0, 0.05) is 23.2 Å². The van der Waals surface area contributed by atoms with Crippen LogP contribution in [0.4, 0.5) is 5.69 Å². The van der Waals surface area contributed by atoms with E-state index >= 15 is 0 Å². The number of aromatic nitrogens is 1. The maximum Gasteiger partial charge on any atom is 0.271 e. The minimum atomic E-state index is -3.64. The van der Waals surface area contributed by atoms with E-state index in [0.717, 1.165) is 73.0 Å². The summed E-state index contributed by atoms with van der Waals surface area (Å²) in [5, 5.41) is 3.74. The number of ether oxygens (including phenoxy) is 1. The number of anilines is 1. The molecular weight excluding hydrogens is 476 g/mol. The summed E-state index contributed by atoms with van der Waals surface area (Å²) in [6, 6.07) is 9.52. The SMILES string of the molecule is Cc1ccsc1S(=O)(=O)Nc1cccc2cc(C3=NCC(C)(CCN4CCOCC4)S3)[nH]c12. The average molecular weight is 505 g/mol. The van der Waals surface area contributed by atoms with E-state index in [0.29, 0.717) is 9.90 Å². The second kappa shape index (κ2) is 9.07. The van der Waals surface area contributed by atoms with Gasteiger partial charge in [-0.1, -0.05) is 23.9 Å². The number of morpholine rings is 1. The van der Waals surface area contributed by atoms with Crippen molar-refractivity contribution in [2.24, 2.45) is 4.99 Å². The minimum absolute atomic E-state index is 0.0616. The van der Waals surface area contributed by atoms with Gasteiger partial charge in [0.1, 0.15) is 9.25 Å². The summed E-state index contributed by atoms with van der Waals surface area (Å²) in [5.41, 5.74) is 3.00. The second-order valence-corrected chi connectivity index (χ2v) is 13.2. The molecule has 2 N–H and O–H groups in total. The van der Waals surface area contributed by atoms with Gasteiger partial charge < -0.3 is 9.72 Å². The number of aliphatic imine (C=N–C) groups is 1. The van der Waals surface area contributed by atoms with E-state index in [4.69, 9.17) is 9.73 Å². The molecule has 176 valence electrons. The lowest BCUT2D eigenvalue weighted by Crippen LogP contribution is -2.39. The van der Waals surface area contributed by atoms with Gasteiger partial charge in [0.05, 0.1) is 36.7 Å². The number of sulfonamides is 1. The number of aromatic amines is 1. The van der Waals surface area contributed by atoms with Crippen LogP contribution in [0, 0.1) is 6.92 Å². The Morgan fingerprint density at radius 2 is 2.09 bits per heavy atom. The molecule has 0 bridgehead atoms. The van der Waals surface area contributed by atoms with Crippen molar-refractivity contribution in [2.75, 3.05) is 44.1 Å². The summed E-state index contributed by atoms with van der Waals surface area (Å²) in [5.74, 6) is 0. The molecule has 33 heavy (non-hydrogen) atoms. The fourth-order valence-corrected chi connectivity index (χ4v) is 7.84. The van der Waals surface area contributed by atoms with Crippen molar-refractivity contribution in [1.82, 2.24) is 9.88 Å². The number of nitrogens with zero attached hydrogens (tertiary/aromatic N) is 2. The fourth-order valence-electron chi connectivity index (χ4n) is 4.21. The second-order valence-electron chi connectivity index (χ2n) is 8.83. The van der Waals surface area contributed by atoms with Gasteiger partial charge in [-0.2, -0.15) is 0 Å². The summed E-state index contributed by atoms with van der Waals surface area (Å²) >= 11 is 3.04. The van der Waals surface area contributed by atoms with E-state index in [1.54, 1.807) is 11.4 Å². The zero-order valence-electron chi connectivity index (χ0n) is 18.8. The molecule has 0 radical (unpaired) electrons. The Bertz CT molecular complexity index is 1290. The molecule has 2 aliphatic rings. The van der Waals surface area contributed by atoms with Crippen LogP contribution in [0.25, 0.3) is 10.9 Å². The van der Waals surface area contributed by atoms with Gasteiger partial charge in [-0.3, -0.25) is 14.6 Å². The number of hydrogen-bond donors (Lipinski definition) is 2. The van der Waals surface area contributed by atoms with Crippen LogP contribution in [0.5, 0.6) is 0 Å². The highest BCUT2D eigenvalue weighted by molar-refractivity contribution is 8.15. The van der Waals surface area contributed by atoms with Gasteiger partial charge in [-0.05, 0) is 56.0 Å². The lowest BCUT2D eigenvalue weighted by atomic mass is 10.1. The van der Waals surface area contributed by atoms with Crippen molar-refractivity contribution in [3.8, 4) is 0 Å². The fraction of sp³-hybridized carbons (Fsp3) is 0.435. The minimum Gasteiger partial charge on any atom is -0.379 e.